The molecule has 0 aliphatic carbocycles. The van der Waals surface area contributed by atoms with Gasteiger partial charge in [0.1, 0.15) is 18.1 Å². The lowest BCUT2D eigenvalue weighted by molar-refractivity contribution is -0.140. The molecule has 170 valence electrons. The van der Waals surface area contributed by atoms with E-state index < -0.39 is 23.9 Å². The molecular formula is C21H30N4O6. The van der Waals surface area contributed by atoms with Gasteiger partial charge in [-0.25, -0.2) is 0 Å². The van der Waals surface area contributed by atoms with E-state index in [2.05, 4.69) is 15.6 Å². The molecule has 1 aromatic heterocycles. The molecule has 0 amide bonds. The second-order valence-electron chi connectivity index (χ2n) is 7.48. The minimum atomic E-state index is -0.972. The standard InChI is InChI=1S/C11H12N2O2.2C5H9NO2/c12-9(11(14)15)5-7-6-13-10-4-2-1-3-8(7)10;2*7-5(8)4-2-1-3-6-4/h1-4,6,9,13H,5,12H2,(H,14,15);2*4,6H,1-3H2,(H,7,8)/t9-;2*4-/m000/s1. The smallest absolute Gasteiger partial charge is 0.320 e. The third kappa shape index (κ3) is 7.67. The fourth-order valence-electron chi connectivity index (χ4n) is 3.42. The molecule has 10 heteroatoms. The van der Waals surface area contributed by atoms with Gasteiger partial charge in [-0.2, -0.15) is 0 Å². The number of carbonyl (C=O) groups is 3. The number of hydrogen-bond acceptors (Lipinski definition) is 6. The number of carboxylic acids is 3. The van der Waals surface area contributed by atoms with Crippen LogP contribution in [0.5, 0.6) is 0 Å². The van der Waals surface area contributed by atoms with E-state index in [0.717, 1.165) is 55.2 Å². The van der Waals surface area contributed by atoms with Crippen molar-refractivity contribution in [2.24, 2.45) is 5.73 Å². The van der Waals surface area contributed by atoms with Crippen LogP contribution < -0.4 is 16.4 Å². The number of rotatable bonds is 5. The summed E-state index contributed by atoms with van der Waals surface area (Å²) in [5.41, 5.74) is 7.43. The molecule has 0 saturated carbocycles. The predicted octanol–water partition coefficient (Wildman–Crippen LogP) is 0.768. The van der Waals surface area contributed by atoms with Crippen LogP contribution in [0.1, 0.15) is 31.2 Å². The van der Waals surface area contributed by atoms with Crippen molar-refractivity contribution in [3.8, 4) is 0 Å². The quantitative estimate of drug-likeness (QED) is 0.358. The van der Waals surface area contributed by atoms with Gasteiger partial charge in [-0.3, -0.25) is 14.4 Å². The summed E-state index contributed by atoms with van der Waals surface area (Å²) in [6, 6.07) is 6.38. The van der Waals surface area contributed by atoms with Gasteiger partial charge >= 0.3 is 17.9 Å². The highest BCUT2D eigenvalue weighted by molar-refractivity contribution is 5.84. The molecule has 10 nitrogen and oxygen atoms in total. The summed E-state index contributed by atoms with van der Waals surface area (Å²) >= 11 is 0. The fourth-order valence-corrected chi connectivity index (χ4v) is 3.42. The zero-order valence-electron chi connectivity index (χ0n) is 17.2. The Morgan fingerprint density at radius 2 is 1.52 bits per heavy atom. The fraction of sp³-hybridized carbons (Fsp3) is 0.476. The maximum absolute atomic E-state index is 10.6. The highest BCUT2D eigenvalue weighted by atomic mass is 16.4. The van der Waals surface area contributed by atoms with Crippen LogP contribution in [0.25, 0.3) is 10.9 Å². The first kappa shape index (κ1) is 24.3. The number of aliphatic carboxylic acids is 3. The maximum atomic E-state index is 10.6. The Balaban J connectivity index is 0.000000181. The van der Waals surface area contributed by atoms with Crippen molar-refractivity contribution in [2.45, 2.75) is 50.2 Å². The largest absolute Gasteiger partial charge is 0.480 e. The van der Waals surface area contributed by atoms with Gasteiger partial charge in [0, 0.05) is 23.5 Å². The molecule has 31 heavy (non-hydrogen) atoms. The molecule has 4 rings (SSSR count). The first-order chi connectivity index (χ1) is 14.8. The Hall–Kier alpha value is -2.95. The molecule has 1 aromatic carbocycles. The van der Waals surface area contributed by atoms with E-state index in [1.807, 2.05) is 30.5 Å². The third-order valence-corrected chi connectivity index (χ3v) is 5.15. The van der Waals surface area contributed by atoms with Crippen LogP contribution in [0.3, 0.4) is 0 Å². The Bertz CT molecular complexity index is 846. The van der Waals surface area contributed by atoms with Gasteiger partial charge in [0.15, 0.2) is 0 Å². The van der Waals surface area contributed by atoms with E-state index in [1.54, 1.807) is 0 Å². The molecule has 0 bridgehead atoms. The minimum absolute atomic E-state index is 0.269. The average Bonchev–Trinajstić information content (AvgIpc) is 3.50. The average molecular weight is 434 g/mol. The van der Waals surface area contributed by atoms with Crippen molar-refractivity contribution in [1.29, 1.82) is 0 Å². The van der Waals surface area contributed by atoms with Gasteiger partial charge < -0.3 is 36.7 Å². The number of aromatic amines is 1. The van der Waals surface area contributed by atoms with Crippen LogP contribution in [0.2, 0.25) is 0 Å². The molecular weight excluding hydrogens is 404 g/mol. The first-order valence-corrected chi connectivity index (χ1v) is 10.3. The number of H-pyrrole nitrogens is 1. The lowest BCUT2D eigenvalue weighted by Gasteiger charge is -2.04. The predicted molar refractivity (Wildman–Crippen MR) is 115 cm³/mol. The minimum Gasteiger partial charge on any atom is -0.480 e. The molecule has 2 aliphatic rings. The molecule has 3 atom stereocenters. The number of nitrogens with two attached hydrogens (primary N) is 1. The van der Waals surface area contributed by atoms with Crippen LogP contribution in [-0.2, 0) is 20.8 Å². The van der Waals surface area contributed by atoms with E-state index in [9.17, 15) is 14.4 Å². The number of benzene rings is 1. The summed E-state index contributed by atoms with van der Waals surface area (Å²) in [6.07, 6.45) is 5.73. The summed E-state index contributed by atoms with van der Waals surface area (Å²) in [6.45, 7) is 1.72. The number of fused-ring (bicyclic) bond motifs is 1. The lowest BCUT2D eigenvalue weighted by Crippen LogP contribution is -2.32. The second kappa shape index (κ2) is 12.0. The molecule has 0 unspecified atom stereocenters. The normalized spacial score (nSPS) is 20.8. The summed E-state index contributed by atoms with van der Waals surface area (Å²) in [5, 5.41) is 32.2. The van der Waals surface area contributed by atoms with Crippen molar-refractivity contribution < 1.29 is 29.7 Å². The molecule has 8 N–H and O–H groups in total. The Labute approximate surface area is 179 Å². The summed E-state index contributed by atoms with van der Waals surface area (Å²) in [7, 11) is 0. The van der Waals surface area contributed by atoms with E-state index in [-0.39, 0.29) is 12.1 Å². The molecule has 2 aliphatic heterocycles. The highest BCUT2D eigenvalue weighted by Gasteiger charge is 2.20. The topological polar surface area (TPSA) is 178 Å². The molecule has 3 heterocycles. The van der Waals surface area contributed by atoms with E-state index in [1.165, 1.54) is 0 Å². The van der Waals surface area contributed by atoms with Crippen LogP contribution in [0.4, 0.5) is 0 Å². The molecule has 2 aromatic rings. The monoisotopic (exact) mass is 434 g/mol. The van der Waals surface area contributed by atoms with Crippen molar-refractivity contribution in [3.05, 3.63) is 36.0 Å². The Kier molecular flexibility index (Phi) is 9.44. The van der Waals surface area contributed by atoms with Gasteiger partial charge in [-0.05, 0) is 50.4 Å². The SMILES string of the molecule is N[C@@H](Cc1c[nH]c2ccccc12)C(=O)O.O=C(O)[C@@H]1CCCN1.O=C(O)[C@@H]1CCCN1. The zero-order chi connectivity index (χ0) is 22.8. The van der Waals surface area contributed by atoms with Gasteiger partial charge in [0.2, 0.25) is 0 Å². The van der Waals surface area contributed by atoms with E-state index in [0.29, 0.717) is 6.42 Å². The molecule has 0 radical (unpaired) electrons. The lowest BCUT2D eigenvalue weighted by atomic mass is 10.1. The first-order valence-electron chi connectivity index (χ1n) is 10.3. The Morgan fingerprint density at radius 1 is 0.968 bits per heavy atom. The zero-order valence-corrected chi connectivity index (χ0v) is 17.2. The second-order valence-corrected chi connectivity index (χ2v) is 7.48. The van der Waals surface area contributed by atoms with E-state index in [4.69, 9.17) is 21.1 Å². The number of aromatic nitrogens is 1. The highest BCUT2D eigenvalue weighted by Crippen LogP contribution is 2.18. The van der Waals surface area contributed by atoms with Crippen molar-refractivity contribution in [3.63, 3.8) is 0 Å². The van der Waals surface area contributed by atoms with Crippen LogP contribution in [0.15, 0.2) is 30.5 Å². The van der Waals surface area contributed by atoms with Crippen molar-refractivity contribution in [2.75, 3.05) is 13.1 Å². The number of hydrogen-bond donors (Lipinski definition) is 7. The summed E-state index contributed by atoms with van der Waals surface area (Å²) < 4.78 is 0. The summed E-state index contributed by atoms with van der Waals surface area (Å²) in [5.74, 6) is -2.41. The number of para-hydroxylation sites is 1. The van der Waals surface area contributed by atoms with Crippen LogP contribution >= 0.6 is 0 Å². The van der Waals surface area contributed by atoms with E-state index >= 15 is 0 Å². The van der Waals surface area contributed by atoms with Crippen molar-refractivity contribution in [1.82, 2.24) is 15.6 Å². The maximum Gasteiger partial charge on any atom is 0.320 e. The molecule has 0 spiro atoms. The Morgan fingerprint density at radius 3 is 1.94 bits per heavy atom. The molecule has 2 fully saturated rings. The summed E-state index contributed by atoms with van der Waals surface area (Å²) in [4.78, 5) is 34.0. The third-order valence-electron chi connectivity index (χ3n) is 5.15. The van der Waals surface area contributed by atoms with Crippen LogP contribution in [-0.4, -0.2) is 69.4 Å². The van der Waals surface area contributed by atoms with Crippen molar-refractivity contribution >= 4 is 28.8 Å². The van der Waals surface area contributed by atoms with Gasteiger partial charge in [-0.1, -0.05) is 18.2 Å². The van der Waals surface area contributed by atoms with Gasteiger partial charge in [-0.15, -0.1) is 0 Å². The number of carboxylic acid groups (broad SMARTS) is 3. The number of nitrogens with one attached hydrogen (secondary N) is 3. The van der Waals surface area contributed by atoms with Crippen LogP contribution in [0, 0.1) is 0 Å². The van der Waals surface area contributed by atoms with Gasteiger partial charge in [0.25, 0.3) is 0 Å². The molecule has 2 saturated heterocycles. The van der Waals surface area contributed by atoms with Gasteiger partial charge in [0.05, 0.1) is 0 Å².